The number of aliphatic carboxylic acids is 1. The van der Waals surface area contributed by atoms with Gasteiger partial charge in [-0.05, 0) is 37.0 Å². The second-order valence-corrected chi connectivity index (χ2v) is 4.68. The van der Waals surface area contributed by atoms with Gasteiger partial charge in [-0.25, -0.2) is 0 Å². The first-order valence-electron chi connectivity index (χ1n) is 6.65. The lowest BCUT2D eigenvalue weighted by Crippen LogP contribution is -2.26. The van der Waals surface area contributed by atoms with Crippen LogP contribution in [0.4, 0.5) is 0 Å². The lowest BCUT2D eigenvalue weighted by Gasteiger charge is -2.08. The van der Waals surface area contributed by atoms with Gasteiger partial charge in [-0.2, -0.15) is 0 Å². The second kappa shape index (κ2) is 8.19. The zero-order valence-corrected chi connectivity index (χ0v) is 11.9. The normalized spacial score (nSPS) is 10.1. The monoisotopic (exact) mass is 279 g/mol. The lowest BCUT2D eigenvalue weighted by molar-refractivity contribution is -0.137. The van der Waals surface area contributed by atoms with Gasteiger partial charge in [0.25, 0.3) is 0 Å². The van der Waals surface area contributed by atoms with Crippen LogP contribution in [0.5, 0.6) is 5.75 Å². The number of nitrogens with one attached hydrogen (secondary N) is 1. The number of hydrogen-bond acceptors (Lipinski definition) is 3. The summed E-state index contributed by atoms with van der Waals surface area (Å²) in [6, 6.07) is 5.69. The summed E-state index contributed by atoms with van der Waals surface area (Å²) in [5, 5.41) is 11.3. The summed E-state index contributed by atoms with van der Waals surface area (Å²) >= 11 is 0. The molecule has 0 heterocycles. The molecule has 5 heteroatoms. The zero-order chi connectivity index (χ0) is 15.0. The van der Waals surface area contributed by atoms with Crippen LogP contribution in [0.2, 0.25) is 0 Å². The van der Waals surface area contributed by atoms with Crippen LogP contribution in [-0.2, 0) is 16.0 Å². The van der Waals surface area contributed by atoms with E-state index in [4.69, 9.17) is 9.84 Å². The number of methoxy groups -OCH3 is 1. The average molecular weight is 279 g/mol. The number of hydrogen-bond donors (Lipinski definition) is 2. The summed E-state index contributed by atoms with van der Waals surface area (Å²) in [4.78, 5) is 22.1. The van der Waals surface area contributed by atoms with Crippen molar-refractivity contribution in [2.24, 2.45) is 0 Å². The Morgan fingerprint density at radius 2 is 2.05 bits per heavy atom. The molecule has 0 fully saturated rings. The fourth-order valence-electron chi connectivity index (χ4n) is 1.85. The number of aryl methyl sites for hydroxylation is 1. The quantitative estimate of drug-likeness (QED) is 0.713. The lowest BCUT2D eigenvalue weighted by atomic mass is 10.1. The number of ether oxygens (including phenoxy) is 1. The van der Waals surface area contributed by atoms with Gasteiger partial charge >= 0.3 is 5.97 Å². The molecule has 0 saturated heterocycles. The van der Waals surface area contributed by atoms with Crippen LogP contribution >= 0.6 is 0 Å². The number of carbonyl (C=O) groups is 2. The summed E-state index contributed by atoms with van der Waals surface area (Å²) in [7, 11) is 1.61. The molecular weight excluding hydrogens is 258 g/mol. The van der Waals surface area contributed by atoms with E-state index in [0.29, 0.717) is 25.8 Å². The van der Waals surface area contributed by atoms with E-state index < -0.39 is 5.97 Å². The minimum atomic E-state index is -0.803. The Balaban J connectivity index is 2.33. The molecule has 0 aliphatic heterocycles. The molecular formula is C15H21NO4. The fourth-order valence-corrected chi connectivity index (χ4v) is 1.85. The van der Waals surface area contributed by atoms with Crippen LogP contribution in [0.3, 0.4) is 0 Å². The van der Waals surface area contributed by atoms with Crippen molar-refractivity contribution in [3.05, 3.63) is 29.3 Å². The highest BCUT2D eigenvalue weighted by Crippen LogP contribution is 2.19. The number of benzene rings is 1. The average Bonchev–Trinajstić information content (AvgIpc) is 2.40. The van der Waals surface area contributed by atoms with Gasteiger partial charge < -0.3 is 15.2 Å². The van der Waals surface area contributed by atoms with E-state index in [2.05, 4.69) is 5.32 Å². The molecule has 1 rings (SSSR count). The van der Waals surface area contributed by atoms with E-state index in [1.54, 1.807) is 7.11 Å². The van der Waals surface area contributed by atoms with Crippen LogP contribution in [0.1, 0.15) is 30.4 Å². The van der Waals surface area contributed by atoms with Gasteiger partial charge in [-0.3, -0.25) is 9.59 Å². The highest BCUT2D eigenvalue weighted by atomic mass is 16.5. The predicted octanol–water partition coefficient (Wildman–Crippen LogP) is 1.92. The Bertz CT molecular complexity index is 471. The van der Waals surface area contributed by atoms with Crippen LogP contribution in [0, 0.1) is 6.92 Å². The molecule has 0 spiro atoms. The molecule has 1 amide bonds. The van der Waals surface area contributed by atoms with E-state index in [1.807, 2.05) is 25.1 Å². The minimum Gasteiger partial charge on any atom is -0.496 e. The number of unbranched alkanes of at least 4 members (excludes halogenated alkanes) is 1. The molecule has 2 N–H and O–H groups in total. The highest BCUT2D eigenvalue weighted by Gasteiger charge is 2.06. The maximum Gasteiger partial charge on any atom is 0.303 e. The topological polar surface area (TPSA) is 75.6 Å². The van der Waals surface area contributed by atoms with Crippen molar-refractivity contribution in [1.29, 1.82) is 0 Å². The zero-order valence-electron chi connectivity index (χ0n) is 11.9. The Hall–Kier alpha value is -2.04. The summed E-state index contributed by atoms with van der Waals surface area (Å²) in [6.07, 6.45) is 1.70. The molecule has 0 unspecified atom stereocenters. The fraction of sp³-hybridized carbons (Fsp3) is 0.467. The number of amides is 1. The third-order valence-corrected chi connectivity index (χ3v) is 2.98. The minimum absolute atomic E-state index is 0.0637. The second-order valence-electron chi connectivity index (χ2n) is 4.68. The summed E-state index contributed by atoms with van der Waals surface area (Å²) in [5.41, 5.74) is 1.93. The predicted molar refractivity (Wildman–Crippen MR) is 75.9 cm³/mol. The first kappa shape index (κ1) is 16.0. The Morgan fingerprint density at radius 1 is 1.30 bits per heavy atom. The molecule has 0 atom stereocenters. The van der Waals surface area contributed by atoms with Gasteiger partial charge in [0.1, 0.15) is 5.75 Å². The SMILES string of the molecule is COc1cc(CC(=O)NCCCCC(=O)O)ccc1C. The molecule has 1 aromatic rings. The maximum absolute atomic E-state index is 11.7. The van der Waals surface area contributed by atoms with E-state index in [9.17, 15) is 9.59 Å². The molecule has 0 aliphatic rings. The van der Waals surface area contributed by atoms with Crippen LogP contribution in [0.15, 0.2) is 18.2 Å². The van der Waals surface area contributed by atoms with Crippen molar-refractivity contribution >= 4 is 11.9 Å². The molecule has 20 heavy (non-hydrogen) atoms. The summed E-state index contributed by atoms with van der Waals surface area (Å²) in [5.74, 6) is -0.0916. The van der Waals surface area contributed by atoms with Gasteiger partial charge in [0.2, 0.25) is 5.91 Å². The number of rotatable bonds is 8. The Morgan fingerprint density at radius 3 is 2.70 bits per heavy atom. The number of carboxylic acids is 1. The standard InChI is InChI=1S/C15H21NO4/c1-11-6-7-12(9-13(11)20-2)10-14(17)16-8-4-3-5-15(18)19/h6-7,9H,3-5,8,10H2,1-2H3,(H,16,17)(H,18,19). The molecule has 1 aromatic carbocycles. The van der Waals surface area contributed by atoms with Crippen molar-refractivity contribution in [2.45, 2.75) is 32.6 Å². The van der Waals surface area contributed by atoms with E-state index in [1.165, 1.54) is 0 Å². The maximum atomic E-state index is 11.7. The highest BCUT2D eigenvalue weighted by molar-refractivity contribution is 5.78. The molecule has 5 nitrogen and oxygen atoms in total. The molecule has 0 aliphatic carbocycles. The van der Waals surface area contributed by atoms with E-state index in [-0.39, 0.29) is 12.3 Å². The molecule has 110 valence electrons. The summed E-state index contributed by atoms with van der Waals surface area (Å²) in [6.45, 7) is 2.46. The molecule has 0 saturated carbocycles. The Labute approximate surface area is 118 Å². The van der Waals surface area contributed by atoms with Crippen molar-refractivity contribution in [3.8, 4) is 5.75 Å². The summed E-state index contributed by atoms with van der Waals surface area (Å²) < 4.78 is 5.22. The van der Waals surface area contributed by atoms with E-state index >= 15 is 0 Å². The van der Waals surface area contributed by atoms with Crippen LogP contribution in [0.25, 0.3) is 0 Å². The molecule has 0 bridgehead atoms. The molecule has 0 radical (unpaired) electrons. The van der Waals surface area contributed by atoms with Crippen molar-refractivity contribution < 1.29 is 19.4 Å². The number of carbonyl (C=O) groups excluding carboxylic acids is 1. The van der Waals surface area contributed by atoms with Gasteiger partial charge in [0.05, 0.1) is 13.5 Å². The Kier molecular flexibility index (Phi) is 6.56. The third kappa shape index (κ3) is 5.73. The van der Waals surface area contributed by atoms with Crippen molar-refractivity contribution in [2.75, 3.05) is 13.7 Å². The first-order chi connectivity index (χ1) is 9.52. The number of carboxylic acid groups (broad SMARTS) is 1. The van der Waals surface area contributed by atoms with Crippen molar-refractivity contribution in [1.82, 2.24) is 5.32 Å². The van der Waals surface area contributed by atoms with Gasteiger partial charge in [0.15, 0.2) is 0 Å². The largest absolute Gasteiger partial charge is 0.496 e. The van der Waals surface area contributed by atoms with Crippen LogP contribution in [-0.4, -0.2) is 30.6 Å². The molecule has 0 aromatic heterocycles. The van der Waals surface area contributed by atoms with Gasteiger partial charge in [-0.1, -0.05) is 12.1 Å². The van der Waals surface area contributed by atoms with Crippen molar-refractivity contribution in [3.63, 3.8) is 0 Å². The van der Waals surface area contributed by atoms with Gasteiger partial charge in [0, 0.05) is 13.0 Å². The van der Waals surface area contributed by atoms with E-state index in [0.717, 1.165) is 16.9 Å². The first-order valence-corrected chi connectivity index (χ1v) is 6.65. The van der Waals surface area contributed by atoms with Gasteiger partial charge in [-0.15, -0.1) is 0 Å². The third-order valence-electron chi connectivity index (χ3n) is 2.98. The van der Waals surface area contributed by atoms with Crippen LogP contribution < -0.4 is 10.1 Å². The smallest absolute Gasteiger partial charge is 0.303 e.